The minimum atomic E-state index is -0.474. The molecule has 1 aromatic carbocycles. The smallest absolute Gasteiger partial charge is 0.298 e. The minimum absolute atomic E-state index is 0.0639. The summed E-state index contributed by atoms with van der Waals surface area (Å²) in [5, 5.41) is 20.4. The Morgan fingerprint density at radius 2 is 2.33 bits per heavy atom. The van der Waals surface area contributed by atoms with Gasteiger partial charge in [0.2, 0.25) is 0 Å². The highest BCUT2D eigenvalue weighted by Crippen LogP contribution is 2.27. The molecule has 0 bridgehead atoms. The quantitative estimate of drug-likeness (QED) is 0.403. The van der Waals surface area contributed by atoms with Crippen molar-refractivity contribution in [3.8, 4) is 0 Å². The number of non-ortho nitro benzene ring substituents is 1. The van der Waals surface area contributed by atoms with Gasteiger partial charge in [0, 0.05) is 19.0 Å². The van der Waals surface area contributed by atoms with Crippen LogP contribution in [0.25, 0.3) is 11.1 Å². The highest BCUT2D eigenvalue weighted by Gasteiger charge is 2.16. The maximum atomic E-state index is 10.9. The molecule has 0 amide bonds. The molecule has 108 valence electrons. The molecule has 3 rings (SSSR count). The molecule has 0 unspecified atom stereocenters. The summed E-state index contributed by atoms with van der Waals surface area (Å²) in [7, 11) is 0. The lowest BCUT2D eigenvalue weighted by molar-refractivity contribution is -0.383. The normalized spacial score (nSPS) is 10.9. The lowest BCUT2D eigenvalue weighted by Gasteiger charge is -1.99. The molecule has 0 spiro atoms. The molecule has 0 atom stereocenters. The van der Waals surface area contributed by atoms with Gasteiger partial charge in [-0.1, -0.05) is 6.07 Å². The highest BCUT2D eigenvalue weighted by molar-refractivity contribution is 5.83. The molecule has 2 N–H and O–H groups in total. The number of para-hydroxylation sites is 1. The molecule has 0 saturated carbocycles. The van der Waals surface area contributed by atoms with E-state index >= 15 is 0 Å². The van der Waals surface area contributed by atoms with Crippen molar-refractivity contribution in [3.63, 3.8) is 0 Å². The summed E-state index contributed by atoms with van der Waals surface area (Å²) in [4.78, 5) is 18.6. The second kappa shape index (κ2) is 5.57. The number of hydrogen-bond acceptors (Lipinski definition) is 7. The number of anilines is 1. The number of aromatic nitrogens is 4. The average molecular weight is 288 g/mol. The van der Waals surface area contributed by atoms with Crippen molar-refractivity contribution < 1.29 is 9.34 Å². The molecule has 2 heterocycles. The predicted molar refractivity (Wildman–Crippen MR) is 73.9 cm³/mol. The van der Waals surface area contributed by atoms with Gasteiger partial charge in [0.25, 0.3) is 11.7 Å². The third kappa shape index (κ3) is 2.81. The van der Waals surface area contributed by atoms with Gasteiger partial charge < -0.3 is 9.73 Å². The fraction of sp³-hybridized carbons (Fsp3) is 0.250. The van der Waals surface area contributed by atoms with Crippen LogP contribution in [0.5, 0.6) is 0 Å². The average Bonchev–Trinajstić information content (AvgIpc) is 3.11. The largest absolute Gasteiger partial charge is 0.423 e. The van der Waals surface area contributed by atoms with Crippen LogP contribution in [0.1, 0.15) is 12.2 Å². The molecular weight excluding hydrogens is 276 g/mol. The van der Waals surface area contributed by atoms with E-state index in [9.17, 15) is 10.1 Å². The number of nitro groups is 1. The van der Waals surface area contributed by atoms with Crippen LogP contribution < -0.4 is 5.32 Å². The van der Waals surface area contributed by atoms with Gasteiger partial charge in [0.05, 0.1) is 4.92 Å². The number of oxazole rings is 1. The Labute approximate surface area is 118 Å². The van der Waals surface area contributed by atoms with Crippen molar-refractivity contribution in [2.75, 3.05) is 11.9 Å². The van der Waals surface area contributed by atoms with Crippen LogP contribution in [0.15, 0.2) is 28.9 Å². The molecule has 0 aliphatic rings. The summed E-state index contributed by atoms with van der Waals surface area (Å²) in [5.41, 5.74) is 0.577. The van der Waals surface area contributed by atoms with Gasteiger partial charge in [-0.15, -0.1) is 0 Å². The fourth-order valence-electron chi connectivity index (χ4n) is 1.96. The van der Waals surface area contributed by atoms with Crippen molar-refractivity contribution in [2.24, 2.45) is 0 Å². The number of fused-ring (bicyclic) bond motifs is 1. The van der Waals surface area contributed by atoms with E-state index in [-0.39, 0.29) is 17.2 Å². The predicted octanol–water partition coefficient (Wildman–Crippen LogP) is 1.90. The molecule has 21 heavy (non-hydrogen) atoms. The van der Waals surface area contributed by atoms with Crippen molar-refractivity contribution in [1.82, 2.24) is 20.2 Å². The van der Waals surface area contributed by atoms with Crippen molar-refractivity contribution in [1.29, 1.82) is 0 Å². The zero-order valence-corrected chi connectivity index (χ0v) is 10.9. The molecular formula is C12H12N6O3. The van der Waals surface area contributed by atoms with Gasteiger partial charge >= 0.3 is 0 Å². The Morgan fingerprint density at radius 1 is 1.43 bits per heavy atom. The molecule has 0 saturated heterocycles. The first-order valence-corrected chi connectivity index (χ1v) is 6.36. The molecule has 0 aliphatic heterocycles. The molecule has 9 nitrogen and oxygen atoms in total. The summed E-state index contributed by atoms with van der Waals surface area (Å²) >= 11 is 0. The molecule has 0 aliphatic carbocycles. The summed E-state index contributed by atoms with van der Waals surface area (Å²) in [6.07, 6.45) is 3.01. The second-order valence-corrected chi connectivity index (χ2v) is 4.36. The monoisotopic (exact) mass is 288 g/mol. The van der Waals surface area contributed by atoms with E-state index in [1.165, 1.54) is 12.4 Å². The molecule has 2 aromatic heterocycles. The molecule has 0 fully saturated rings. The number of hydrogen-bond donors (Lipinski definition) is 2. The van der Waals surface area contributed by atoms with Crippen LogP contribution in [0.3, 0.4) is 0 Å². The topological polar surface area (TPSA) is 123 Å². The summed E-state index contributed by atoms with van der Waals surface area (Å²) in [5.74, 6) is 0.810. The second-order valence-electron chi connectivity index (χ2n) is 4.36. The minimum Gasteiger partial charge on any atom is -0.423 e. The van der Waals surface area contributed by atoms with Crippen LogP contribution in [0.2, 0.25) is 0 Å². The van der Waals surface area contributed by atoms with Crippen LogP contribution in [-0.4, -0.2) is 31.6 Å². The fourth-order valence-corrected chi connectivity index (χ4v) is 1.96. The SMILES string of the molecule is O=[N+]([O-])c1cccc2oc(NCCCc3ncn[nH]3)nc12. The van der Waals surface area contributed by atoms with Crippen molar-refractivity contribution in [2.45, 2.75) is 12.8 Å². The first-order valence-electron chi connectivity index (χ1n) is 6.36. The van der Waals surface area contributed by atoms with Gasteiger partial charge in [-0.25, -0.2) is 4.98 Å². The van der Waals surface area contributed by atoms with E-state index in [0.29, 0.717) is 12.1 Å². The van der Waals surface area contributed by atoms with E-state index < -0.39 is 4.92 Å². The number of nitrogens with zero attached hydrogens (tertiary/aromatic N) is 4. The Balaban J connectivity index is 1.65. The summed E-state index contributed by atoms with van der Waals surface area (Å²) in [6.45, 7) is 0.612. The third-order valence-corrected chi connectivity index (χ3v) is 2.93. The first-order chi connectivity index (χ1) is 10.2. The third-order valence-electron chi connectivity index (χ3n) is 2.93. The van der Waals surface area contributed by atoms with Crippen LogP contribution in [-0.2, 0) is 6.42 Å². The van der Waals surface area contributed by atoms with Gasteiger partial charge in [0.15, 0.2) is 11.1 Å². The van der Waals surface area contributed by atoms with Crippen LogP contribution in [0.4, 0.5) is 11.7 Å². The summed E-state index contributed by atoms with van der Waals surface area (Å²) in [6, 6.07) is 4.89. The maximum absolute atomic E-state index is 10.9. The Morgan fingerprint density at radius 3 is 3.10 bits per heavy atom. The van der Waals surface area contributed by atoms with Gasteiger partial charge in [0.1, 0.15) is 12.2 Å². The van der Waals surface area contributed by atoms with E-state index in [4.69, 9.17) is 4.42 Å². The molecule has 9 heteroatoms. The van der Waals surface area contributed by atoms with Gasteiger partial charge in [-0.2, -0.15) is 10.1 Å². The lowest BCUT2D eigenvalue weighted by Crippen LogP contribution is -2.03. The number of aryl methyl sites for hydroxylation is 1. The van der Waals surface area contributed by atoms with Crippen molar-refractivity contribution in [3.05, 3.63) is 40.5 Å². The number of benzene rings is 1. The number of H-pyrrole nitrogens is 1. The van der Waals surface area contributed by atoms with E-state index in [1.54, 1.807) is 12.1 Å². The van der Waals surface area contributed by atoms with E-state index in [1.807, 2.05) is 0 Å². The lowest BCUT2D eigenvalue weighted by atomic mass is 10.3. The first kappa shape index (κ1) is 13.0. The maximum Gasteiger partial charge on any atom is 0.298 e. The molecule has 3 aromatic rings. The van der Waals surface area contributed by atoms with E-state index in [2.05, 4.69) is 25.5 Å². The zero-order chi connectivity index (χ0) is 14.7. The van der Waals surface area contributed by atoms with Crippen molar-refractivity contribution >= 4 is 22.8 Å². The summed E-state index contributed by atoms with van der Waals surface area (Å²) < 4.78 is 5.43. The van der Waals surface area contributed by atoms with Gasteiger partial charge in [-0.3, -0.25) is 15.2 Å². The number of nitrogens with one attached hydrogen (secondary N) is 2. The van der Waals surface area contributed by atoms with Crippen LogP contribution >= 0.6 is 0 Å². The zero-order valence-electron chi connectivity index (χ0n) is 10.9. The van der Waals surface area contributed by atoms with Gasteiger partial charge in [-0.05, 0) is 12.5 Å². The Kier molecular flexibility index (Phi) is 3.46. The standard InChI is InChI=1S/C12H12N6O3/c19-18(20)8-3-1-4-9-11(8)16-12(21-9)13-6-2-5-10-14-7-15-17-10/h1,3-4,7H,2,5-6H2,(H,13,16)(H,14,15,17). The molecule has 0 radical (unpaired) electrons. The highest BCUT2D eigenvalue weighted by atomic mass is 16.6. The van der Waals surface area contributed by atoms with E-state index in [0.717, 1.165) is 18.7 Å². The van der Waals surface area contributed by atoms with Crippen LogP contribution in [0, 0.1) is 10.1 Å². The Hall–Kier alpha value is -2.97. The number of aromatic amines is 1. The number of nitro benzene ring substituents is 1. The Bertz CT molecular complexity index is 752. The number of rotatable bonds is 6.